The van der Waals surface area contributed by atoms with E-state index in [4.69, 9.17) is 4.42 Å². The highest BCUT2D eigenvalue weighted by atomic mass is 16.3. The van der Waals surface area contributed by atoms with Crippen LogP contribution in [0.3, 0.4) is 0 Å². The SMILES string of the molecule is C=C/C=C\C(=C/C)c1ccc(N(c2cccc(-c3ccc4c(c3)-c3ccccc3C43C4CC5CC(C4)CC3C5)c2)c2ccc3c(c2)oc2ccccc23)cc1. The summed E-state index contributed by atoms with van der Waals surface area (Å²) >= 11 is 0. The number of benzene rings is 6. The highest BCUT2D eigenvalue weighted by Gasteiger charge is 2.61. The second-order valence-corrected chi connectivity index (χ2v) is 16.5. The van der Waals surface area contributed by atoms with E-state index in [0.717, 1.165) is 68.2 Å². The first kappa shape index (κ1) is 32.6. The summed E-state index contributed by atoms with van der Waals surface area (Å²) < 4.78 is 6.42. The van der Waals surface area contributed by atoms with Crippen molar-refractivity contribution in [2.45, 2.75) is 44.4 Å². The first-order valence-corrected chi connectivity index (χ1v) is 20.2. The van der Waals surface area contributed by atoms with Gasteiger partial charge < -0.3 is 9.32 Å². The van der Waals surface area contributed by atoms with Crippen LogP contribution in [-0.2, 0) is 5.41 Å². The van der Waals surface area contributed by atoms with Crippen LogP contribution in [0.2, 0.25) is 0 Å². The Morgan fingerprint density at radius 1 is 0.618 bits per heavy atom. The third-order valence-corrected chi connectivity index (χ3v) is 13.8. The number of fused-ring (bicyclic) bond motifs is 6. The van der Waals surface area contributed by atoms with Crippen molar-refractivity contribution < 1.29 is 4.42 Å². The minimum atomic E-state index is 0.187. The summed E-state index contributed by atoms with van der Waals surface area (Å²) in [5.74, 6) is 3.42. The van der Waals surface area contributed by atoms with Crippen LogP contribution in [0.5, 0.6) is 0 Å². The summed E-state index contributed by atoms with van der Waals surface area (Å²) in [6.07, 6.45) is 15.2. The van der Waals surface area contributed by atoms with Gasteiger partial charge in [-0.25, -0.2) is 0 Å². The molecule has 55 heavy (non-hydrogen) atoms. The standard InChI is InChI=1S/C53H45NO/c1-3-5-11-36(4-2)37-18-21-42(22-19-37)54(44-23-24-47-46-15-7-9-17-51(46)55-52(47)33-44)43-13-10-12-38(31-43)39-20-25-50-48(32-39)45-14-6-8-16-49(45)53(50)40-27-34-26-35(29-40)30-41(53)28-34/h3-25,31-35,40-41H,1,26-30H2,2H3/b11-5-,36-4+. The predicted molar refractivity (Wildman–Crippen MR) is 230 cm³/mol. The molecule has 0 radical (unpaired) electrons. The largest absolute Gasteiger partial charge is 0.456 e. The average Bonchev–Trinajstić information content (AvgIpc) is 3.74. The van der Waals surface area contributed by atoms with Crippen LogP contribution in [0.4, 0.5) is 17.1 Å². The Morgan fingerprint density at radius 2 is 1.31 bits per heavy atom. The van der Waals surface area contributed by atoms with Crippen molar-refractivity contribution in [3.8, 4) is 22.3 Å². The molecule has 1 heterocycles. The maximum Gasteiger partial charge on any atom is 0.137 e. The lowest BCUT2D eigenvalue weighted by Crippen LogP contribution is -2.55. The molecule has 0 unspecified atom stereocenters. The molecule has 4 fully saturated rings. The van der Waals surface area contributed by atoms with Crippen LogP contribution in [0.15, 0.2) is 169 Å². The molecule has 1 aromatic heterocycles. The Balaban J connectivity index is 1.03. The van der Waals surface area contributed by atoms with Gasteiger partial charge >= 0.3 is 0 Å². The van der Waals surface area contributed by atoms with Gasteiger partial charge in [-0.1, -0.05) is 110 Å². The van der Waals surface area contributed by atoms with Crippen LogP contribution in [0.1, 0.15) is 55.7 Å². The zero-order chi connectivity index (χ0) is 36.7. The predicted octanol–water partition coefficient (Wildman–Crippen LogP) is 14.6. The van der Waals surface area contributed by atoms with Gasteiger partial charge in [-0.2, -0.15) is 0 Å². The Morgan fingerprint density at radius 3 is 2.11 bits per heavy atom. The zero-order valence-corrected chi connectivity index (χ0v) is 31.4. The maximum atomic E-state index is 6.42. The maximum absolute atomic E-state index is 6.42. The molecule has 0 N–H and O–H groups in total. The third-order valence-electron chi connectivity index (χ3n) is 13.8. The summed E-state index contributed by atoms with van der Waals surface area (Å²) in [6, 6.07) is 49.8. The molecular weight excluding hydrogens is 667 g/mol. The molecule has 1 spiro atoms. The summed E-state index contributed by atoms with van der Waals surface area (Å²) in [6.45, 7) is 5.94. The number of rotatable bonds is 7. The summed E-state index contributed by atoms with van der Waals surface area (Å²) in [5.41, 5.74) is 16.2. The molecule has 0 aliphatic heterocycles. The first-order valence-electron chi connectivity index (χ1n) is 20.2. The lowest BCUT2D eigenvalue weighted by molar-refractivity contribution is -0.0399. The normalized spacial score (nSPS) is 23.5. The molecule has 2 nitrogen and oxygen atoms in total. The molecular formula is C53H45NO. The smallest absolute Gasteiger partial charge is 0.137 e. The summed E-state index contributed by atoms with van der Waals surface area (Å²) in [4.78, 5) is 2.36. The van der Waals surface area contributed by atoms with Crippen molar-refractivity contribution >= 4 is 44.6 Å². The molecule has 7 aromatic rings. The molecule has 4 saturated carbocycles. The fourth-order valence-corrected chi connectivity index (χ4v) is 11.8. The van der Waals surface area contributed by atoms with Crippen LogP contribution >= 0.6 is 0 Å². The third kappa shape index (κ3) is 4.93. The van der Waals surface area contributed by atoms with E-state index in [-0.39, 0.29) is 5.41 Å². The van der Waals surface area contributed by atoms with Gasteiger partial charge in [-0.05, 0) is 156 Å². The van der Waals surface area contributed by atoms with E-state index in [0.29, 0.717) is 0 Å². The average molecular weight is 712 g/mol. The van der Waals surface area contributed by atoms with Gasteiger partial charge in [0.05, 0.1) is 0 Å². The molecule has 4 bridgehead atoms. The second-order valence-electron chi connectivity index (χ2n) is 16.5. The van der Waals surface area contributed by atoms with E-state index in [1.165, 1.54) is 59.9 Å². The number of para-hydroxylation sites is 1. The molecule has 12 rings (SSSR count). The number of hydrogen-bond donors (Lipinski definition) is 0. The number of hydrogen-bond acceptors (Lipinski definition) is 2. The minimum absolute atomic E-state index is 0.187. The van der Waals surface area contributed by atoms with E-state index in [9.17, 15) is 0 Å². The van der Waals surface area contributed by atoms with E-state index >= 15 is 0 Å². The van der Waals surface area contributed by atoms with Gasteiger partial charge in [-0.3, -0.25) is 0 Å². The molecule has 2 heteroatoms. The Bertz CT molecular complexity index is 2680. The van der Waals surface area contributed by atoms with Crippen molar-refractivity contribution in [1.29, 1.82) is 0 Å². The van der Waals surface area contributed by atoms with Gasteiger partial charge in [0.1, 0.15) is 11.2 Å². The van der Waals surface area contributed by atoms with Gasteiger partial charge in [-0.15, -0.1) is 0 Å². The number of furan rings is 1. The quantitative estimate of drug-likeness (QED) is 0.153. The van der Waals surface area contributed by atoms with E-state index in [1.54, 1.807) is 11.1 Å². The fourth-order valence-electron chi connectivity index (χ4n) is 11.8. The van der Waals surface area contributed by atoms with E-state index in [1.807, 2.05) is 18.2 Å². The Kier molecular flexibility index (Phi) is 7.46. The van der Waals surface area contributed by atoms with Crippen molar-refractivity contribution in [2.75, 3.05) is 4.90 Å². The van der Waals surface area contributed by atoms with Crippen LogP contribution in [0, 0.1) is 23.7 Å². The molecule has 6 aromatic carbocycles. The molecule has 0 saturated heterocycles. The monoisotopic (exact) mass is 711 g/mol. The fraction of sp³-hybridized carbons (Fsp3) is 0.208. The lowest BCUT2D eigenvalue weighted by Gasteiger charge is -2.61. The van der Waals surface area contributed by atoms with Crippen molar-refractivity contribution in [3.05, 3.63) is 181 Å². The first-order chi connectivity index (χ1) is 27.1. The van der Waals surface area contributed by atoms with Gasteiger partial charge in [0.25, 0.3) is 0 Å². The number of nitrogens with zero attached hydrogens (tertiary/aromatic N) is 1. The molecule has 5 aliphatic carbocycles. The zero-order valence-electron chi connectivity index (χ0n) is 31.4. The minimum Gasteiger partial charge on any atom is -0.456 e. The highest BCUT2D eigenvalue weighted by Crippen LogP contribution is 2.69. The van der Waals surface area contributed by atoms with E-state index in [2.05, 4.69) is 158 Å². The van der Waals surface area contributed by atoms with Gasteiger partial charge in [0.2, 0.25) is 0 Å². The summed E-state index contributed by atoms with van der Waals surface area (Å²) in [7, 11) is 0. The van der Waals surface area contributed by atoms with Crippen molar-refractivity contribution in [1.82, 2.24) is 0 Å². The summed E-state index contributed by atoms with van der Waals surface area (Å²) in [5, 5.41) is 2.27. The highest BCUT2D eigenvalue weighted by molar-refractivity contribution is 6.06. The molecule has 0 atom stereocenters. The van der Waals surface area contributed by atoms with Crippen LogP contribution in [-0.4, -0.2) is 0 Å². The topological polar surface area (TPSA) is 16.4 Å². The van der Waals surface area contributed by atoms with Crippen LogP contribution in [0.25, 0.3) is 49.8 Å². The van der Waals surface area contributed by atoms with Crippen molar-refractivity contribution in [2.24, 2.45) is 23.7 Å². The van der Waals surface area contributed by atoms with Crippen LogP contribution < -0.4 is 4.90 Å². The molecule has 268 valence electrons. The van der Waals surface area contributed by atoms with E-state index < -0.39 is 0 Å². The lowest BCUT2D eigenvalue weighted by atomic mass is 9.43. The molecule has 0 amide bonds. The molecule has 5 aliphatic rings. The number of allylic oxidation sites excluding steroid dienone is 5. The Labute approximate surface area is 324 Å². The van der Waals surface area contributed by atoms with Gasteiger partial charge in [0.15, 0.2) is 0 Å². The second kappa shape index (κ2) is 12.6. The Hall–Kier alpha value is -5.86. The number of anilines is 3. The van der Waals surface area contributed by atoms with Crippen molar-refractivity contribution in [3.63, 3.8) is 0 Å². The van der Waals surface area contributed by atoms with Gasteiger partial charge in [0, 0.05) is 39.3 Å².